The monoisotopic (exact) mass is 422 g/mol. The summed E-state index contributed by atoms with van der Waals surface area (Å²) in [6.07, 6.45) is 0. The van der Waals surface area contributed by atoms with Gasteiger partial charge >= 0.3 is 0 Å². The Hall–Kier alpha value is -0.970. The first-order valence-electron chi connectivity index (χ1n) is 5.50. The minimum absolute atomic E-state index is 0.0555. The Morgan fingerprint density at radius 1 is 1.30 bits per heavy atom. The zero-order valence-corrected chi connectivity index (χ0v) is 14.0. The molecule has 20 heavy (non-hydrogen) atoms. The molecule has 2 aromatic rings. The van der Waals surface area contributed by atoms with Gasteiger partial charge in [-0.05, 0) is 46.4 Å². The van der Waals surface area contributed by atoms with Gasteiger partial charge in [-0.15, -0.1) is 11.3 Å². The number of hydrogen-bond donors (Lipinski definition) is 2. The molecule has 106 valence electrons. The number of sulfonamides is 1. The molecule has 0 aliphatic carbocycles. The van der Waals surface area contributed by atoms with Crippen LogP contribution >= 0.6 is 33.9 Å². The average Bonchev–Trinajstić information content (AvgIpc) is 2.82. The summed E-state index contributed by atoms with van der Waals surface area (Å²) < 4.78 is 23.3. The van der Waals surface area contributed by atoms with Gasteiger partial charge < -0.3 is 5.32 Å². The lowest BCUT2D eigenvalue weighted by Crippen LogP contribution is -2.22. The maximum atomic E-state index is 11.8. The molecular weight excluding hydrogens is 411 g/mol. The summed E-state index contributed by atoms with van der Waals surface area (Å²) in [6.45, 7) is 0.330. The normalized spacial score (nSPS) is 11.3. The van der Waals surface area contributed by atoms with E-state index in [1.165, 1.54) is 23.5 Å². The van der Waals surface area contributed by atoms with Gasteiger partial charge in [0.2, 0.25) is 10.0 Å². The van der Waals surface area contributed by atoms with Gasteiger partial charge in [0.25, 0.3) is 5.91 Å². The topological polar surface area (TPSA) is 89.3 Å². The maximum absolute atomic E-state index is 11.8. The molecule has 0 aliphatic rings. The fourth-order valence-electron chi connectivity index (χ4n) is 1.51. The molecular formula is C12H11IN2O3S2. The largest absolute Gasteiger partial charge is 0.348 e. The number of nitrogens with one attached hydrogen (secondary N) is 1. The van der Waals surface area contributed by atoms with E-state index < -0.39 is 10.0 Å². The molecule has 2 rings (SSSR count). The number of carbonyl (C=O) groups is 1. The minimum Gasteiger partial charge on any atom is -0.348 e. The molecule has 1 amide bonds. The third kappa shape index (κ3) is 4.01. The van der Waals surface area contributed by atoms with Gasteiger partial charge in [0, 0.05) is 11.9 Å². The van der Waals surface area contributed by atoms with Crippen LogP contribution in [0, 0.1) is 2.88 Å². The Bertz CT molecular complexity index is 723. The summed E-state index contributed by atoms with van der Waals surface area (Å²) >= 11 is 3.66. The molecule has 3 N–H and O–H groups in total. The summed E-state index contributed by atoms with van der Waals surface area (Å²) in [4.78, 5) is 11.9. The van der Waals surface area contributed by atoms with E-state index in [1.54, 1.807) is 17.5 Å². The zero-order chi connectivity index (χ0) is 14.8. The molecule has 0 fully saturated rings. The lowest BCUT2D eigenvalue weighted by Gasteiger charge is -2.05. The molecule has 1 aromatic heterocycles. The molecule has 0 saturated heterocycles. The van der Waals surface area contributed by atoms with Crippen molar-refractivity contribution in [1.29, 1.82) is 0 Å². The fourth-order valence-corrected chi connectivity index (χ4v) is 3.35. The molecule has 0 saturated carbocycles. The minimum atomic E-state index is -3.68. The van der Waals surface area contributed by atoms with Crippen molar-refractivity contribution in [2.75, 3.05) is 0 Å². The van der Waals surface area contributed by atoms with Crippen molar-refractivity contribution >= 4 is 49.9 Å². The molecule has 0 bridgehead atoms. The SMILES string of the molecule is NS(=O)(=O)c1ccc(CNC(=O)c2csc(I)c2)cc1. The highest BCUT2D eigenvalue weighted by Gasteiger charge is 2.09. The van der Waals surface area contributed by atoms with E-state index in [9.17, 15) is 13.2 Å². The van der Waals surface area contributed by atoms with E-state index >= 15 is 0 Å². The number of primary sulfonamides is 1. The highest BCUT2D eigenvalue weighted by atomic mass is 127. The Labute approximate surface area is 134 Å². The van der Waals surface area contributed by atoms with Gasteiger partial charge in [0.05, 0.1) is 13.3 Å². The number of nitrogens with two attached hydrogens (primary N) is 1. The van der Waals surface area contributed by atoms with Crippen LogP contribution in [0.25, 0.3) is 0 Å². The first kappa shape index (κ1) is 15.4. The summed E-state index contributed by atoms with van der Waals surface area (Å²) in [5, 5.41) is 9.57. The van der Waals surface area contributed by atoms with Gasteiger partial charge in [-0.1, -0.05) is 12.1 Å². The van der Waals surface area contributed by atoms with Crippen molar-refractivity contribution in [2.45, 2.75) is 11.4 Å². The highest BCUT2D eigenvalue weighted by molar-refractivity contribution is 14.1. The van der Waals surface area contributed by atoms with E-state index in [1.807, 2.05) is 6.07 Å². The van der Waals surface area contributed by atoms with E-state index in [0.29, 0.717) is 12.1 Å². The van der Waals surface area contributed by atoms with Crippen molar-refractivity contribution in [1.82, 2.24) is 5.32 Å². The van der Waals surface area contributed by atoms with Crippen LogP contribution in [-0.4, -0.2) is 14.3 Å². The molecule has 1 heterocycles. The van der Waals surface area contributed by atoms with Crippen LogP contribution < -0.4 is 10.5 Å². The second kappa shape index (κ2) is 6.20. The Kier molecular flexibility index (Phi) is 4.78. The molecule has 0 unspecified atom stereocenters. The lowest BCUT2D eigenvalue weighted by molar-refractivity contribution is 0.0951. The van der Waals surface area contributed by atoms with Crippen molar-refractivity contribution in [3.05, 3.63) is 49.7 Å². The number of amides is 1. The van der Waals surface area contributed by atoms with Gasteiger partial charge in [-0.25, -0.2) is 13.6 Å². The van der Waals surface area contributed by atoms with E-state index in [4.69, 9.17) is 5.14 Å². The van der Waals surface area contributed by atoms with Gasteiger partial charge in [-0.3, -0.25) is 4.79 Å². The smallest absolute Gasteiger partial charge is 0.252 e. The summed E-state index contributed by atoms with van der Waals surface area (Å²) in [5.41, 5.74) is 1.43. The molecule has 0 spiro atoms. The van der Waals surface area contributed by atoms with Gasteiger partial charge in [0.1, 0.15) is 0 Å². The summed E-state index contributed by atoms with van der Waals surface area (Å²) in [7, 11) is -3.68. The molecule has 1 aromatic carbocycles. The van der Waals surface area contributed by atoms with Crippen LogP contribution in [0.5, 0.6) is 0 Å². The first-order chi connectivity index (χ1) is 9.36. The maximum Gasteiger partial charge on any atom is 0.252 e. The van der Waals surface area contributed by atoms with Crippen LogP contribution in [0.1, 0.15) is 15.9 Å². The number of hydrogen-bond acceptors (Lipinski definition) is 4. The quantitative estimate of drug-likeness (QED) is 0.739. The van der Waals surface area contributed by atoms with E-state index in [0.717, 1.165) is 8.45 Å². The van der Waals surface area contributed by atoms with Crippen LogP contribution in [0.15, 0.2) is 40.6 Å². The van der Waals surface area contributed by atoms with Crippen molar-refractivity contribution in [2.24, 2.45) is 5.14 Å². The number of carbonyl (C=O) groups excluding carboxylic acids is 1. The van der Waals surface area contributed by atoms with E-state index in [2.05, 4.69) is 27.9 Å². The number of rotatable bonds is 4. The Morgan fingerprint density at radius 2 is 1.95 bits per heavy atom. The molecule has 0 aliphatic heterocycles. The van der Waals surface area contributed by atoms with Crippen LogP contribution in [0.3, 0.4) is 0 Å². The Balaban J connectivity index is 1.99. The standard InChI is InChI=1S/C12H11IN2O3S2/c13-11-5-9(7-19-11)12(16)15-6-8-1-3-10(4-2-8)20(14,17)18/h1-5,7H,6H2,(H,15,16)(H2,14,17,18). The molecule has 0 atom stereocenters. The van der Waals surface area contributed by atoms with Crippen molar-refractivity contribution in [3.8, 4) is 0 Å². The third-order valence-corrected chi connectivity index (χ3v) is 5.25. The number of thiophene rings is 1. The van der Waals surface area contributed by atoms with E-state index in [-0.39, 0.29) is 10.8 Å². The summed E-state index contributed by atoms with van der Waals surface area (Å²) in [5.74, 6) is -0.153. The van der Waals surface area contributed by atoms with Crippen molar-refractivity contribution < 1.29 is 13.2 Å². The molecule has 5 nitrogen and oxygen atoms in total. The first-order valence-corrected chi connectivity index (χ1v) is 9.01. The fraction of sp³-hybridized carbons (Fsp3) is 0.0833. The second-order valence-corrected chi connectivity index (χ2v) is 8.38. The van der Waals surface area contributed by atoms with Crippen LogP contribution in [0.2, 0.25) is 0 Å². The highest BCUT2D eigenvalue weighted by Crippen LogP contribution is 2.16. The average molecular weight is 422 g/mol. The van der Waals surface area contributed by atoms with Crippen LogP contribution in [0.4, 0.5) is 0 Å². The number of halogens is 1. The predicted octanol–water partition coefficient (Wildman–Crippen LogP) is 1.93. The van der Waals surface area contributed by atoms with Crippen molar-refractivity contribution in [3.63, 3.8) is 0 Å². The summed E-state index contributed by atoms with van der Waals surface area (Å²) in [6, 6.07) is 7.90. The predicted molar refractivity (Wildman–Crippen MR) is 86.0 cm³/mol. The zero-order valence-electron chi connectivity index (χ0n) is 10.2. The second-order valence-electron chi connectivity index (χ2n) is 4.01. The number of benzene rings is 1. The third-order valence-electron chi connectivity index (χ3n) is 2.53. The Morgan fingerprint density at radius 3 is 2.45 bits per heavy atom. The molecule has 8 heteroatoms. The lowest BCUT2D eigenvalue weighted by atomic mass is 10.2. The van der Waals surface area contributed by atoms with Gasteiger partial charge in [-0.2, -0.15) is 0 Å². The van der Waals surface area contributed by atoms with Crippen LogP contribution in [-0.2, 0) is 16.6 Å². The van der Waals surface area contributed by atoms with Gasteiger partial charge in [0.15, 0.2) is 0 Å². The molecule has 0 radical (unpaired) electrons.